The van der Waals surface area contributed by atoms with E-state index in [2.05, 4.69) is 16.3 Å². The SMILES string of the molecule is N#Cc1cccc(NC(=O)CN2CCC(Cc3ccc(F)cc3)CC2)c1. The van der Waals surface area contributed by atoms with E-state index in [0.717, 1.165) is 32.4 Å². The second kappa shape index (κ2) is 8.59. The summed E-state index contributed by atoms with van der Waals surface area (Å²) in [4.78, 5) is 14.4. The minimum Gasteiger partial charge on any atom is -0.325 e. The van der Waals surface area contributed by atoms with Gasteiger partial charge in [-0.2, -0.15) is 5.26 Å². The van der Waals surface area contributed by atoms with Gasteiger partial charge in [0.25, 0.3) is 0 Å². The van der Waals surface area contributed by atoms with E-state index >= 15 is 0 Å². The second-order valence-electron chi connectivity index (χ2n) is 6.79. The minimum atomic E-state index is -0.199. The minimum absolute atomic E-state index is 0.0583. The van der Waals surface area contributed by atoms with Crippen molar-refractivity contribution in [1.82, 2.24) is 4.90 Å². The van der Waals surface area contributed by atoms with Crippen LogP contribution in [0.5, 0.6) is 0 Å². The lowest BCUT2D eigenvalue weighted by molar-refractivity contribution is -0.117. The summed E-state index contributed by atoms with van der Waals surface area (Å²) < 4.78 is 13.0. The molecule has 0 radical (unpaired) electrons. The number of hydrogen-bond donors (Lipinski definition) is 1. The molecular formula is C21H22FN3O. The Bertz CT molecular complexity index is 790. The third-order valence-corrected chi connectivity index (χ3v) is 4.79. The number of likely N-dealkylation sites (tertiary alicyclic amines) is 1. The van der Waals surface area contributed by atoms with Gasteiger partial charge in [-0.05, 0) is 74.2 Å². The molecule has 2 aromatic carbocycles. The standard InChI is InChI=1S/C21H22FN3O/c22-19-6-4-16(5-7-19)12-17-8-10-25(11-9-17)15-21(26)24-20-3-1-2-18(13-20)14-23/h1-7,13,17H,8-12,15H2,(H,24,26). The Kier molecular flexibility index (Phi) is 5.98. The average Bonchev–Trinajstić information content (AvgIpc) is 2.65. The summed E-state index contributed by atoms with van der Waals surface area (Å²) in [7, 11) is 0. The average molecular weight is 351 g/mol. The number of nitrogens with zero attached hydrogens (tertiary/aromatic N) is 2. The number of carbonyl (C=O) groups is 1. The number of amides is 1. The van der Waals surface area contributed by atoms with E-state index in [1.807, 2.05) is 12.1 Å². The van der Waals surface area contributed by atoms with Crippen molar-refractivity contribution in [3.05, 3.63) is 65.5 Å². The Morgan fingerprint density at radius 3 is 2.62 bits per heavy atom. The largest absolute Gasteiger partial charge is 0.325 e. The number of rotatable bonds is 5. The first kappa shape index (κ1) is 18.1. The number of carbonyl (C=O) groups excluding carboxylic acids is 1. The van der Waals surface area contributed by atoms with E-state index in [1.165, 1.54) is 17.7 Å². The number of anilines is 1. The fourth-order valence-corrected chi connectivity index (χ4v) is 3.37. The molecule has 0 saturated carbocycles. The molecule has 5 heteroatoms. The smallest absolute Gasteiger partial charge is 0.238 e. The predicted molar refractivity (Wildman–Crippen MR) is 99.1 cm³/mol. The third-order valence-electron chi connectivity index (χ3n) is 4.79. The summed E-state index contributed by atoms with van der Waals surface area (Å²) in [5.41, 5.74) is 2.35. The summed E-state index contributed by atoms with van der Waals surface area (Å²) in [5, 5.41) is 11.8. The van der Waals surface area contributed by atoms with Gasteiger partial charge in [0.1, 0.15) is 5.82 Å². The Labute approximate surface area is 153 Å². The lowest BCUT2D eigenvalue weighted by Gasteiger charge is -2.31. The van der Waals surface area contributed by atoms with E-state index in [-0.39, 0.29) is 11.7 Å². The zero-order chi connectivity index (χ0) is 18.4. The van der Waals surface area contributed by atoms with Crippen molar-refractivity contribution in [3.8, 4) is 6.07 Å². The van der Waals surface area contributed by atoms with Crippen molar-refractivity contribution in [1.29, 1.82) is 5.26 Å². The summed E-state index contributed by atoms with van der Waals surface area (Å²) in [6.45, 7) is 2.13. The van der Waals surface area contributed by atoms with Crippen LogP contribution in [0.15, 0.2) is 48.5 Å². The summed E-state index contributed by atoms with van der Waals surface area (Å²) in [6.07, 6.45) is 3.03. The third kappa shape index (κ3) is 5.14. The molecule has 0 bridgehead atoms. The summed E-state index contributed by atoms with van der Waals surface area (Å²) >= 11 is 0. The Balaban J connectivity index is 1.44. The second-order valence-corrected chi connectivity index (χ2v) is 6.79. The molecule has 1 heterocycles. The fourth-order valence-electron chi connectivity index (χ4n) is 3.37. The molecule has 0 unspecified atom stereocenters. The molecule has 134 valence electrons. The van der Waals surface area contributed by atoms with Crippen molar-refractivity contribution in [3.63, 3.8) is 0 Å². The first-order valence-electron chi connectivity index (χ1n) is 8.89. The zero-order valence-corrected chi connectivity index (χ0v) is 14.6. The monoisotopic (exact) mass is 351 g/mol. The molecule has 1 aliphatic rings. The predicted octanol–water partition coefficient (Wildman–Crippen LogP) is 3.59. The Morgan fingerprint density at radius 2 is 1.92 bits per heavy atom. The van der Waals surface area contributed by atoms with Gasteiger partial charge in [-0.15, -0.1) is 0 Å². The van der Waals surface area contributed by atoms with Gasteiger partial charge in [-0.1, -0.05) is 18.2 Å². The number of piperidine rings is 1. The lowest BCUT2D eigenvalue weighted by atomic mass is 9.90. The summed E-state index contributed by atoms with van der Waals surface area (Å²) in [5.74, 6) is 0.319. The van der Waals surface area contributed by atoms with Crippen LogP contribution in [0.1, 0.15) is 24.0 Å². The van der Waals surface area contributed by atoms with Crippen LogP contribution in [0.3, 0.4) is 0 Å². The van der Waals surface area contributed by atoms with Crippen LogP contribution in [-0.4, -0.2) is 30.4 Å². The molecule has 26 heavy (non-hydrogen) atoms. The van der Waals surface area contributed by atoms with Gasteiger partial charge in [0.2, 0.25) is 5.91 Å². The molecule has 0 atom stereocenters. The van der Waals surface area contributed by atoms with Gasteiger partial charge in [-0.3, -0.25) is 9.69 Å². The van der Waals surface area contributed by atoms with E-state index in [0.29, 0.717) is 23.7 Å². The van der Waals surface area contributed by atoms with E-state index in [9.17, 15) is 9.18 Å². The van der Waals surface area contributed by atoms with Crippen LogP contribution in [0.2, 0.25) is 0 Å². The number of nitriles is 1. The van der Waals surface area contributed by atoms with E-state index in [4.69, 9.17) is 5.26 Å². The molecule has 0 aromatic heterocycles. The molecule has 3 rings (SSSR count). The highest BCUT2D eigenvalue weighted by Gasteiger charge is 2.21. The highest BCUT2D eigenvalue weighted by Crippen LogP contribution is 2.22. The molecule has 4 nitrogen and oxygen atoms in total. The van der Waals surface area contributed by atoms with Gasteiger partial charge in [-0.25, -0.2) is 4.39 Å². The normalized spacial score (nSPS) is 15.4. The molecule has 2 aromatic rings. The molecule has 1 fully saturated rings. The number of benzene rings is 2. The van der Waals surface area contributed by atoms with Gasteiger partial charge >= 0.3 is 0 Å². The van der Waals surface area contributed by atoms with Gasteiger partial charge < -0.3 is 5.32 Å². The number of halogens is 1. The van der Waals surface area contributed by atoms with Crippen molar-refractivity contribution in [2.24, 2.45) is 5.92 Å². The van der Waals surface area contributed by atoms with E-state index < -0.39 is 0 Å². The highest BCUT2D eigenvalue weighted by molar-refractivity contribution is 5.92. The number of nitrogens with one attached hydrogen (secondary N) is 1. The van der Waals surface area contributed by atoms with Gasteiger partial charge in [0, 0.05) is 5.69 Å². The fraction of sp³-hybridized carbons (Fsp3) is 0.333. The maximum Gasteiger partial charge on any atom is 0.238 e. The Morgan fingerprint density at radius 1 is 1.19 bits per heavy atom. The molecule has 1 N–H and O–H groups in total. The lowest BCUT2D eigenvalue weighted by Crippen LogP contribution is -2.39. The molecule has 1 amide bonds. The van der Waals surface area contributed by atoms with Crippen molar-refractivity contribution in [2.75, 3.05) is 25.0 Å². The maximum absolute atomic E-state index is 13.0. The quantitative estimate of drug-likeness (QED) is 0.896. The zero-order valence-electron chi connectivity index (χ0n) is 14.6. The molecule has 1 saturated heterocycles. The first-order valence-corrected chi connectivity index (χ1v) is 8.89. The van der Waals surface area contributed by atoms with E-state index in [1.54, 1.807) is 24.3 Å². The molecule has 0 spiro atoms. The molecular weight excluding hydrogens is 329 g/mol. The molecule has 0 aliphatic carbocycles. The number of hydrogen-bond acceptors (Lipinski definition) is 3. The van der Waals surface area contributed by atoms with Crippen LogP contribution < -0.4 is 5.32 Å². The Hall–Kier alpha value is -2.71. The van der Waals surface area contributed by atoms with Crippen molar-refractivity contribution < 1.29 is 9.18 Å². The van der Waals surface area contributed by atoms with Crippen molar-refractivity contribution in [2.45, 2.75) is 19.3 Å². The van der Waals surface area contributed by atoms with Crippen LogP contribution in [0.25, 0.3) is 0 Å². The van der Waals surface area contributed by atoms with Gasteiger partial charge in [0.05, 0.1) is 18.2 Å². The van der Waals surface area contributed by atoms with Crippen molar-refractivity contribution >= 4 is 11.6 Å². The highest BCUT2D eigenvalue weighted by atomic mass is 19.1. The van der Waals surface area contributed by atoms with Gasteiger partial charge in [0.15, 0.2) is 0 Å². The van der Waals surface area contributed by atoms with Crippen LogP contribution in [0.4, 0.5) is 10.1 Å². The summed E-state index contributed by atoms with van der Waals surface area (Å²) in [6, 6.07) is 15.7. The van der Waals surface area contributed by atoms with Crippen LogP contribution in [0, 0.1) is 23.1 Å². The molecule has 1 aliphatic heterocycles. The maximum atomic E-state index is 13.0. The van der Waals surface area contributed by atoms with Crippen LogP contribution in [-0.2, 0) is 11.2 Å². The van der Waals surface area contributed by atoms with Crippen LogP contribution >= 0.6 is 0 Å². The first-order chi connectivity index (χ1) is 12.6. The topological polar surface area (TPSA) is 56.1 Å².